The van der Waals surface area contributed by atoms with Gasteiger partial charge in [-0.05, 0) is 39.2 Å². The quantitative estimate of drug-likeness (QED) is 0.601. The molecule has 142 valence electrons. The van der Waals surface area contributed by atoms with Crippen LogP contribution in [0.2, 0.25) is 0 Å². The maximum atomic E-state index is 12.3. The maximum absolute atomic E-state index is 12.3. The molecule has 1 aromatic carbocycles. The summed E-state index contributed by atoms with van der Waals surface area (Å²) in [6.45, 7) is 6.15. The normalized spacial score (nSPS) is 14.6. The third-order valence-corrected chi connectivity index (χ3v) is 6.04. The van der Waals surface area contributed by atoms with Crippen molar-refractivity contribution in [3.05, 3.63) is 30.5 Å². The Morgan fingerprint density at radius 1 is 1.33 bits per heavy atom. The summed E-state index contributed by atoms with van der Waals surface area (Å²) in [5.41, 5.74) is 1.97. The highest BCUT2D eigenvalue weighted by Gasteiger charge is 2.31. The molecule has 0 atom stereocenters. The topological polar surface area (TPSA) is 75.6 Å². The third kappa shape index (κ3) is 3.74. The minimum absolute atomic E-state index is 0.0332. The van der Waals surface area contributed by atoms with E-state index in [0.717, 1.165) is 46.7 Å². The predicted octanol–water partition coefficient (Wildman–Crippen LogP) is 4.16. The first-order valence-corrected chi connectivity index (χ1v) is 10.4. The van der Waals surface area contributed by atoms with Gasteiger partial charge in [-0.25, -0.2) is 0 Å². The molecule has 0 saturated heterocycles. The maximum Gasteiger partial charge on any atom is 0.230 e. The van der Waals surface area contributed by atoms with Crippen molar-refractivity contribution in [2.45, 2.75) is 56.8 Å². The first-order valence-electron chi connectivity index (χ1n) is 9.43. The Balaban J connectivity index is 1.58. The van der Waals surface area contributed by atoms with Gasteiger partial charge in [-0.3, -0.25) is 9.36 Å². The molecular weight excluding hydrogens is 358 g/mol. The zero-order chi connectivity index (χ0) is 19.0. The Labute approximate surface area is 163 Å². The molecule has 3 aromatic rings. The summed E-state index contributed by atoms with van der Waals surface area (Å²) in [4.78, 5) is 15.6. The van der Waals surface area contributed by atoms with E-state index in [1.54, 1.807) is 0 Å². The largest absolute Gasteiger partial charge is 0.360 e. The minimum Gasteiger partial charge on any atom is -0.360 e. The van der Waals surface area contributed by atoms with Crippen molar-refractivity contribution in [3.63, 3.8) is 0 Å². The SMILES string of the molecule is CCC(C)(C)NC(=O)CSc1nnc(-c2c[nH]c3ccccc23)n1C1CC1. The number of aromatic amines is 1. The molecule has 6 nitrogen and oxygen atoms in total. The number of thioether (sulfide) groups is 1. The Hall–Kier alpha value is -2.28. The van der Waals surface area contributed by atoms with Crippen LogP contribution in [0.1, 0.15) is 46.1 Å². The van der Waals surface area contributed by atoms with E-state index in [4.69, 9.17) is 0 Å². The van der Waals surface area contributed by atoms with E-state index >= 15 is 0 Å². The molecule has 1 fully saturated rings. The van der Waals surface area contributed by atoms with Gasteiger partial charge < -0.3 is 10.3 Å². The Morgan fingerprint density at radius 2 is 2.11 bits per heavy atom. The van der Waals surface area contributed by atoms with Crippen molar-refractivity contribution < 1.29 is 4.79 Å². The number of nitrogens with zero attached hydrogens (tertiary/aromatic N) is 3. The summed E-state index contributed by atoms with van der Waals surface area (Å²) in [5, 5.41) is 13.9. The van der Waals surface area contributed by atoms with Gasteiger partial charge in [-0.15, -0.1) is 10.2 Å². The average molecular weight is 384 g/mol. The van der Waals surface area contributed by atoms with Gasteiger partial charge in [0.2, 0.25) is 5.91 Å². The predicted molar refractivity (Wildman–Crippen MR) is 109 cm³/mol. The van der Waals surface area contributed by atoms with Crippen molar-refractivity contribution >= 4 is 28.6 Å². The van der Waals surface area contributed by atoms with Crippen molar-refractivity contribution in [1.82, 2.24) is 25.1 Å². The fourth-order valence-electron chi connectivity index (χ4n) is 3.11. The fraction of sp³-hybridized carbons (Fsp3) is 0.450. The van der Waals surface area contributed by atoms with Crippen LogP contribution in [0.25, 0.3) is 22.3 Å². The number of H-pyrrole nitrogens is 1. The second kappa shape index (κ2) is 7.03. The Kier molecular flexibility index (Phi) is 4.72. The van der Waals surface area contributed by atoms with Crippen LogP contribution < -0.4 is 5.32 Å². The summed E-state index contributed by atoms with van der Waals surface area (Å²) < 4.78 is 2.21. The molecule has 1 aliphatic rings. The first kappa shape index (κ1) is 18.1. The average Bonchev–Trinajstić information content (AvgIpc) is 3.26. The summed E-state index contributed by atoms with van der Waals surface area (Å²) >= 11 is 1.47. The molecule has 0 bridgehead atoms. The van der Waals surface area contributed by atoms with Gasteiger partial charge in [0.1, 0.15) is 0 Å². The van der Waals surface area contributed by atoms with Crippen LogP contribution in [0, 0.1) is 0 Å². The van der Waals surface area contributed by atoms with Crippen molar-refractivity contribution in [3.8, 4) is 11.4 Å². The molecule has 1 aliphatic carbocycles. The number of rotatable bonds is 7. The van der Waals surface area contributed by atoms with Crippen LogP contribution >= 0.6 is 11.8 Å². The number of amides is 1. The van der Waals surface area contributed by atoms with Gasteiger partial charge in [0.25, 0.3) is 0 Å². The molecule has 1 amide bonds. The Morgan fingerprint density at radius 3 is 2.85 bits per heavy atom. The van der Waals surface area contributed by atoms with Gasteiger partial charge >= 0.3 is 0 Å². The zero-order valence-electron chi connectivity index (χ0n) is 16.0. The molecule has 0 spiro atoms. The fourth-order valence-corrected chi connectivity index (χ4v) is 3.92. The number of para-hydroxylation sites is 1. The van der Waals surface area contributed by atoms with Crippen molar-refractivity contribution in [2.75, 3.05) is 5.75 Å². The highest BCUT2D eigenvalue weighted by Crippen LogP contribution is 2.42. The van der Waals surface area contributed by atoms with E-state index in [1.807, 2.05) is 32.2 Å². The summed E-state index contributed by atoms with van der Waals surface area (Å²) in [7, 11) is 0. The highest BCUT2D eigenvalue weighted by atomic mass is 32.2. The monoisotopic (exact) mass is 383 g/mol. The van der Waals surface area contributed by atoms with E-state index in [9.17, 15) is 4.79 Å². The third-order valence-electron chi connectivity index (χ3n) is 5.10. The number of aromatic nitrogens is 4. The van der Waals surface area contributed by atoms with Gasteiger partial charge in [0.15, 0.2) is 11.0 Å². The molecule has 2 N–H and O–H groups in total. The molecule has 0 radical (unpaired) electrons. The summed E-state index contributed by atoms with van der Waals surface area (Å²) in [5.74, 6) is 1.26. The van der Waals surface area contributed by atoms with Crippen LogP contribution in [0.3, 0.4) is 0 Å². The van der Waals surface area contributed by atoms with E-state index in [0.29, 0.717) is 11.8 Å². The standard InChI is InChI=1S/C20H25N5OS/c1-4-20(2,3)22-17(26)12-27-19-24-23-18(25(19)13-9-10-13)15-11-21-16-8-6-5-7-14(15)16/h5-8,11,13,21H,4,9-10,12H2,1-3H3,(H,22,26). The lowest BCUT2D eigenvalue weighted by atomic mass is 10.0. The molecule has 1 saturated carbocycles. The molecule has 0 aliphatic heterocycles. The molecule has 4 rings (SSSR count). The number of hydrogen-bond acceptors (Lipinski definition) is 4. The molecule has 7 heteroatoms. The molecular formula is C20H25N5OS. The van der Waals surface area contributed by atoms with Crippen molar-refractivity contribution in [1.29, 1.82) is 0 Å². The lowest BCUT2D eigenvalue weighted by molar-refractivity contribution is -0.120. The second-order valence-electron chi connectivity index (χ2n) is 7.73. The number of hydrogen-bond donors (Lipinski definition) is 2. The second-order valence-corrected chi connectivity index (χ2v) is 8.67. The molecule has 27 heavy (non-hydrogen) atoms. The van der Waals surface area contributed by atoms with E-state index in [-0.39, 0.29) is 11.4 Å². The minimum atomic E-state index is -0.184. The number of carbonyl (C=O) groups excluding carboxylic acids is 1. The Bertz CT molecular complexity index is 970. The first-order chi connectivity index (χ1) is 13.0. The lowest BCUT2D eigenvalue weighted by Crippen LogP contribution is -2.43. The van der Waals surface area contributed by atoms with Crippen LogP contribution in [-0.2, 0) is 4.79 Å². The summed E-state index contributed by atoms with van der Waals surface area (Å²) in [6, 6.07) is 8.65. The van der Waals surface area contributed by atoms with Crippen LogP contribution in [-0.4, -0.2) is 36.9 Å². The smallest absolute Gasteiger partial charge is 0.230 e. The van der Waals surface area contributed by atoms with Gasteiger partial charge in [0.05, 0.1) is 5.75 Å². The number of nitrogens with one attached hydrogen (secondary N) is 2. The molecule has 2 heterocycles. The van der Waals surface area contributed by atoms with E-state index < -0.39 is 0 Å². The number of benzene rings is 1. The van der Waals surface area contributed by atoms with Gasteiger partial charge in [0, 0.05) is 34.2 Å². The summed E-state index contributed by atoms with van der Waals surface area (Å²) in [6.07, 6.45) is 5.16. The molecule has 2 aromatic heterocycles. The van der Waals surface area contributed by atoms with E-state index in [1.165, 1.54) is 11.8 Å². The number of fused-ring (bicyclic) bond motifs is 1. The van der Waals surface area contributed by atoms with Crippen LogP contribution in [0.15, 0.2) is 35.6 Å². The highest BCUT2D eigenvalue weighted by molar-refractivity contribution is 7.99. The molecule has 0 unspecified atom stereocenters. The van der Waals surface area contributed by atoms with Crippen molar-refractivity contribution in [2.24, 2.45) is 0 Å². The van der Waals surface area contributed by atoms with Crippen LogP contribution in [0.4, 0.5) is 0 Å². The lowest BCUT2D eigenvalue weighted by Gasteiger charge is -2.24. The van der Waals surface area contributed by atoms with Gasteiger partial charge in [-0.2, -0.15) is 0 Å². The number of carbonyl (C=O) groups is 1. The van der Waals surface area contributed by atoms with Gasteiger partial charge in [-0.1, -0.05) is 36.9 Å². The zero-order valence-corrected chi connectivity index (χ0v) is 16.8. The van der Waals surface area contributed by atoms with Crippen LogP contribution in [0.5, 0.6) is 0 Å². The van der Waals surface area contributed by atoms with E-state index in [2.05, 4.69) is 44.1 Å².